The van der Waals surface area contributed by atoms with Gasteiger partial charge in [0.25, 0.3) is 0 Å². The van der Waals surface area contributed by atoms with Crippen molar-refractivity contribution in [2.45, 2.75) is 82.2 Å². The van der Waals surface area contributed by atoms with Crippen LogP contribution in [0.2, 0.25) is 0 Å². The van der Waals surface area contributed by atoms with Gasteiger partial charge in [-0.05, 0) is 12.5 Å². The summed E-state index contributed by atoms with van der Waals surface area (Å²) in [4.78, 5) is 36.9. The Balaban J connectivity index is 1.96. The van der Waals surface area contributed by atoms with Gasteiger partial charge in [-0.2, -0.15) is 0 Å². The summed E-state index contributed by atoms with van der Waals surface area (Å²) >= 11 is 6.62. The lowest BCUT2D eigenvalue weighted by Gasteiger charge is -2.54. The topological polar surface area (TPSA) is 132 Å². The van der Waals surface area contributed by atoms with Crippen LogP contribution in [0.3, 0.4) is 0 Å². The highest BCUT2D eigenvalue weighted by Crippen LogP contribution is 2.61. The van der Waals surface area contributed by atoms with Gasteiger partial charge in [0.2, 0.25) is 0 Å². The number of hydrogen-bond donors (Lipinski definition) is 2. The lowest BCUT2D eigenvalue weighted by atomic mass is 9.54. The number of hydrogen-bond acceptors (Lipinski definition) is 9. The van der Waals surface area contributed by atoms with Crippen molar-refractivity contribution in [3.05, 3.63) is 24.3 Å². The molecule has 0 amide bonds. The minimum Gasteiger partial charge on any atom is -0.459 e. The summed E-state index contributed by atoms with van der Waals surface area (Å²) in [6.07, 6.45) is -2.45. The third-order valence-corrected chi connectivity index (χ3v) is 8.65. The van der Waals surface area contributed by atoms with Crippen LogP contribution in [0.4, 0.5) is 0 Å². The molecule has 0 aromatic carbocycles. The quantitative estimate of drug-likeness (QED) is 0.250. The number of aliphatic hydroxyl groups is 2. The fourth-order valence-electron chi connectivity index (χ4n) is 6.27. The lowest BCUT2D eigenvalue weighted by Crippen LogP contribution is -2.68. The Bertz CT molecular complexity index is 949. The van der Waals surface area contributed by atoms with Crippen molar-refractivity contribution in [1.82, 2.24) is 0 Å². The van der Waals surface area contributed by atoms with Crippen molar-refractivity contribution in [1.29, 1.82) is 0 Å². The molecule has 0 aromatic rings. The molecule has 1 saturated carbocycles. The molecule has 34 heavy (non-hydrogen) atoms. The first-order valence-corrected chi connectivity index (χ1v) is 11.8. The predicted molar refractivity (Wildman–Crippen MR) is 118 cm³/mol. The van der Waals surface area contributed by atoms with Gasteiger partial charge in [0.15, 0.2) is 11.7 Å². The van der Waals surface area contributed by atoms with Gasteiger partial charge in [-0.15, -0.1) is 11.6 Å². The molecular formula is C24H31ClO9. The van der Waals surface area contributed by atoms with E-state index in [1.807, 2.05) is 0 Å². The Labute approximate surface area is 203 Å². The molecule has 2 aliphatic carbocycles. The van der Waals surface area contributed by atoms with Crippen LogP contribution in [-0.2, 0) is 33.3 Å². The average molecular weight is 499 g/mol. The number of carbonyl (C=O) groups excluding carboxylic acids is 3. The molecular weight excluding hydrogens is 468 g/mol. The first-order chi connectivity index (χ1) is 15.8. The van der Waals surface area contributed by atoms with Crippen LogP contribution in [0.25, 0.3) is 0 Å². The monoisotopic (exact) mass is 498 g/mol. The van der Waals surface area contributed by atoms with Crippen molar-refractivity contribution >= 4 is 29.5 Å². The maximum atomic E-state index is 12.7. The molecule has 9 nitrogen and oxygen atoms in total. The van der Waals surface area contributed by atoms with Crippen LogP contribution in [0.5, 0.6) is 0 Å². The van der Waals surface area contributed by atoms with Crippen molar-refractivity contribution in [2.24, 2.45) is 23.2 Å². The van der Waals surface area contributed by atoms with Gasteiger partial charge < -0.3 is 29.2 Å². The van der Waals surface area contributed by atoms with Gasteiger partial charge in [-0.25, -0.2) is 0 Å². The molecule has 12 atom stereocenters. The van der Waals surface area contributed by atoms with Gasteiger partial charge in [0.05, 0.1) is 23.5 Å². The number of rotatable bonds is 2. The van der Waals surface area contributed by atoms with Crippen molar-refractivity contribution < 1.29 is 43.5 Å². The van der Waals surface area contributed by atoms with Crippen molar-refractivity contribution in [3.63, 3.8) is 0 Å². The second-order valence-corrected chi connectivity index (χ2v) is 10.6. The molecule has 0 radical (unpaired) electrons. The Morgan fingerprint density at radius 3 is 2.38 bits per heavy atom. The molecule has 0 bridgehead atoms. The minimum absolute atomic E-state index is 0.310. The van der Waals surface area contributed by atoms with E-state index in [4.69, 9.17) is 30.5 Å². The summed E-state index contributed by atoms with van der Waals surface area (Å²) in [5, 5.41) is 22.5. The van der Waals surface area contributed by atoms with Gasteiger partial charge in [0, 0.05) is 31.1 Å². The van der Waals surface area contributed by atoms with E-state index in [1.165, 1.54) is 32.9 Å². The zero-order valence-corrected chi connectivity index (χ0v) is 20.5. The van der Waals surface area contributed by atoms with Crippen LogP contribution in [0, 0.1) is 23.2 Å². The predicted octanol–water partition coefficient (Wildman–Crippen LogP) is 1.28. The van der Waals surface area contributed by atoms with E-state index in [9.17, 15) is 24.6 Å². The normalized spacial score (nSPS) is 50.7. The van der Waals surface area contributed by atoms with Crippen LogP contribution in [0.15, 0.2) is 24.3 Å². The Hall–Kier alpha value is -1.94. The second-order valence-electron chi connectivity index (χ2n) is 10.1. The zero-order valence-electron chi connectivity index (χ0n) is 19.8. The number of alkyl halides is 1. The van der Waals surface area contributed by atoms with E-state index in [0.29, 0.717) is 5.57 Å². The summed E-state index contributed by atoms with van der Waals surface area (Å²) in [6, 6.07) is 0. The van der Waals surface area contributed by atoms with Gasteiger partial charge in [-0.3, -0.25) is 14.4 Å². The van der Waals surface area contributed by atoms with E-state index in [2.05, 4.69) is 6.58 Å². The van der Waals surface area contributed by atoms with Crippen LogP contribution >= 0.6 is 11.6 Å². The zero-order chi connectivity index (χ0) is 25.3. The number of carbonyl (C=O) groups is 3. The fourth-order valence-corrected chi connectivity index (χ4v) is 6.60. The summed E-state index contributed by atoms with van der Waals surface area (Å²) in [7, 11) is 0. The summed E-state index contributed by atoms with van der Waals surface area (Å²) in [5.41, 5.74) is -2.85. The summed E-state index contributed by atoms with van der Waals surface area (Å²) in [6.45, 7) is 11.4. The number of esters is 3. The Morgan fingerprint density at radius 2 is 1.79 bits per heavy atom. The van der Waals surface area contributed by atoms with Gasteiger partial charge >= 0.3 is 17.9 Å². The molecule has 188 valence electrons. The second kappa shape index (κ2) is 8.33. The van der Waals surface area contributed by atoms with Crippen LogP contribution in [-0.4, -0.2) is 75.7 Å². The highest BCUT2D eigenvalue weighted by atomic mass is 35.5. The molecule has 4 rings (SSSR count). The van der Waals surface area contributed by atoms with Crippen molar-refractivity contribution in [2.75, 3.05) is 0 Å². The SMILES string of the molecule is C=C1/C=C/[C@H](O)[C@@]2(C)[C@H]3O[C@H]3[C@H](OC(C)=O)[C@H](C)[C@@H]2C(OC(C)=O)[C@]2(O)[C@@H](C)C(=O)O[C@H]2[C@H]1Cl. The van der Waals surface area contributed by atoms with E-state index in [-0.39, 0.29) is 0 Å². The third-order valence-electron chi connectivity index (χ3n) is 8.14. The molecule has 2 heterocycles. The summed E-state index contributed by atoms with van der Waals surface area (Å²) < 4.78 is 22.8. The van der Waals surface area contributed by atoms with Crippen molar-refractivity contribution in [3.8, 4) is 0 Å². The lowest BCUT2D eigenvalue weighted by molar-refractivity contribution is -0.219. The third kappa shape index (κ3) is 3.51. The van der Waals surface area contributed by atoms with Gasteiger partial charge in [-0.1, -0.05) is 32.6 Å². The largest absolute Gasteiger partial charge is 0.459 e. The maximum Gasteiger partial charge on any atom is 0.312 e. The standard InChI is InChI=1S/C24H31ClO9/c1-9-7-8-14(28)23(6)15(10(2)17(31-12(4)26)18-21(23)33-18)19(32-13(5)27)24(30)11(3)22(29)34-20(24)16(9)25/h7-8,10-11,14-21,28,30H,1H2,2-6H3/b8-7+/t10-,11+,14+,15-,16+,17-,18+,19?,20+,21+,23-,24-/m1/s1. The molecule has 3 fully saturated rings. The Kier molecular flexibility index (Phi) is 6.16. The van der Waals surface area contributed by atoms with E-state index in [0.717, 1.165) is 0 Å². The van der Waals surface area contributed by atoms with Crippen LogP contribution < -0.4 is 0 Å². The first kappa shape index (κ1) is 25.2. The Morgan fingerprint density at radius 1 is 1.18 bits per heavy atom. The van der Waals surface area contributed by atoms with Gasteiger partial charge in [0.1, 0.15) is 18.3 Å². The molecule has 10 heteroatoms. The number of aliphatic hydroxyl groups excluding tert-OH is 1. The smallest absolute Gasteiger partial charge is 0.312 e. The average Bonchev–Trinajstić information content (AvgIpc) is 3.52. The molecule has 0 aromatic heterocycles. The van der Waals surface area contributed by atoms with E-state index < -0.39 is 88.7 Å². The number of halogens is 1. The van der Waals surface area contributed by atoms with Crippen LogP contribution in [0.1, 0.15) is 34.6 Å². The van der Waals surface area contributed by atoms with E-state index in [1.54, 1.807) is 13.8 Å². The number of epoxide rings is 1. The number of allylic oxidation sites excluding steroid dienone is 1. The molecule has 2 aliphatic heterocycles. The summed E-state index contributed by atoms with van der Waals surface area (Å²) in [5.74, 6) is -4.39. The molecule has 1 unspecified atom stereocenters. The van der Waals surface area contributed by atoms with E-state index >= 15 is 0 Å². The molecule has 4 aliphatic rings. The fraction of sp³-hybridized carbons (Fsp3) is 0.708. The minimum atomic E-state index is -2.06. The molecule has 0 spiro atoms. The highest BCUT2D eigenvalue weighted by molar-refractivity contribution is 6.23. The molecule has 2 saturated heterocycles. The first-order valence-electron chi connectivity index (χ1n) is 11.4. The number of fused-ring (bicyclic) bond motifs is 4. The molecule has 2 N–H and O–H groups in total. The number of ether oxygens (including phenoxy) is 4. The maximum absolute atomic E-state index is 12.7. The highest BCUT2D eigenvalue weighted by Gasteiger charge is 2.74.